The van der Waals surface area contributed by atoms with E-state index in [2.05, 4.69) is 12.7 Å². The van der Waals surface area contributed by atoms with Gasteiger partial charge in [0.15, 0.2) is 0 Å². The summed E-state index contributed by atoms with van der Waals surface area (Å²) in [5.74, 6) is 0. The second-order valence-corrected chi connectivity index (χ2v) is 6.90. The van der Waals surface area contributed by atoms with Crippen LogP contribution in [0.4, 0.5) is 4.79 Å². The summed E-state index contributed by atoms with van der Waals surface area (Å²) < 4.78 is 11.6. The second kappa shape index (κ2) is 8.15. The van der Waals surface area contributed by atoms with Gasteiger partial charge in [0, 0.05) is 6.54 Å². The molecule has 0 saturated carbocycles. The Kier molecular flexibility index (Phi) is 6.21. The Morgan fingerprint density at radius 2 is 2.04 bits per heavy atom. The summed E-state index contributed by atoms with van der Waals surface area (Å²) in [7, 11) is 0. The van der Waals surface area contributed by atoms with Gasteiger partial charge in [0.1, 0.15) is 5.60 Å². The highest BCUT2D eigenvalue weighted by Crippen LogP contribution is 2.22. The van der Waals surface area contributed by atoms with Crippen molar-refractivity contribution in [1.82, 2.24) is 4.90 Å². The van der Waals surface area contributed by atoms with Crippen molar-refractivity contribution in [2.24, 2.45) is 0 Å². The van der Waals surface area contributed by atoms with E-state index in [1.54, 1.807) is 11.0 Å². The number of hydrogen-bond acceptors (Lipinski definition) is 3. The lowest BCUT2D eigenvalue weighted by molar-refractivity contribution is -0.0185. The summed E-state index contributed by atoms with van der Waals surface area (Å²) in [6.07, 6.45) is 6.00. The molecule has 4 nitrogen and oxygen atoms in total. The average Bonchev–Trinajstić information content (AvgIpc) is 2.55. The van der Waals surface area contributed by atoms with Crippen LogP contribution in [-0.4, -0.2) is 35.3 Å². The number of hydrogen-bond donors (Lipinski definition) is 0. The standard InChI is InChI=1S/C20H27NO3/c1-5-18(23-15-16-11-7-6-8-12-16)17-13-9-10-14-21(17)19(22)24-20(2,3)4/h5-12,17-18H,1,13-15H2,2-4H3/t17-,18+/m1/s1. The Bertz CT molecular complexity index is 574. The molecule has 1 aromatic rings. The molecule has 2 rings (SSSR count). The first-order valence-electron chi connectivity index (χ1n) is 8.33. The molecule has 0 N–H and O–H groups in total. The molecule has 0 spiro atoms. The average molecular weight is 329 g/mol. The normalized spacial score (nSPS) is 19.0. The molecule has 1 aliphatic rings. The highest BCUT2D eigenvalue weighted by atomic mass is 16.6. The highest BCUT2D eigenvalue weighted by molar-refractivity contribution is 5.69. The number of carbonyl (C=O) groups is 1. The van der Waals surface area contributed by atoms with Crippen molar-refractivity contribution < 1.29 is 14.3 Å². The lowest BCUT2D eigenvalue weighted by atomic mass is 10.0. The van der Waals surface area contributed by atoms with Crippen LogP contribution in [0.25, 0.3) is 0 Å². The van der Waals surface area contributed by atoms with E-state index in [-0.39, 0.29) is 18.2 Å². The lowest BCUT2D eigenvalue weighted by Gasteiger charge is -2.37. The second-order valence-electron chi connectivity index (χ2n) is 6.90. The Morgan fingerprint density at radius 1 is 1.33 bits per heavy atom. The van der Waals surface area contributed by atoms with E-state index in [1.165, 1.54) is 0 Å². The molecule has 1 aliphatic heterocycles. The van der Waals surface area contributed by atoms with Gasteiger partial charge in [-0.1, -0.05) is 48.6 Å². The molecular formula is C20H27NO3. The predicted octanol–water partition coefficient (Wildman–Crippen LogP) is 4.32. The minimum absolute atomic E-state index is 0.105. The highest BCUT2D eigenvalue weighted by Gasteiger charge is 2.33. The zero-order chi connectivity index (χ0) is 17.6. The smallest absolute Gasteiger partial charge is 0.410 e. The number of ether oxygens (including phenoxy) is 2. The molecule has 0 aliphatic carbocycles. The van der Waals surface area contributed by atoms with Gasteiger partial charge in [-0.2, -0.15) is 0 Å². The molecule has 0 saturated heterocycles. The molecule has 1 aromatic carbocycles. The zero-order valence-corrected chi connectivity index (χ0v) is 14.8. The Hall–Kier alpha value is -2.07. The summed E-state index contributed by atoms with van der Waals surface area (Å²) in [4.78, 5) is 14.2. The first-order chi connectivity index (χ1) is 11.4. The van der Waals surface area contributed by atoms with Crippen molar-refractivity contribution >= 4 is 6.09 Å². The van der Waals surface area contributed by atoms with Crippen LogP contribution in [0.2, 0.25) is 0 Å². The molecule has 0 aromatic heterocycles. The van der Waals surface area contributed by atoms with E-state index in [1.807, 2.05) is 57.2 Å². The fourth-order valence-corrected chi connectivity index (χ4v) is 2.63. The Balaban J connectivity index is 2.05. The van der Waals surface area contributed by atoms with E-state index in [9.17, 15) is 4.79 Å². The topological polar surface area (TPSA) is 38.8 Å². The van der Waals surface area contributed by atoms with Crippen LogP contribution in [0, 0.1) is 0 Å². The van der Waals surface area contributed by atoms with Gasteiger partial charge in [-0.25, -0.2) is 4.79 Å². The van der Waals surface area contributed by atoms with Crippen LogP contribution < -0.4 is 0 Å². The van der Waals surface area contributed by atoms with Crippen LogP contribution in [0.3, 0.4) is 0 Å². The number of amides is 1. The van der Waals surface area contributed by atoms with Gasteiger partial charge < -0.3 is 9.47 Å². The third-order valence-corrected chi connectivity index (χ3v) is 3.77. The van der Waals surface area contributed by atoms with E-state index in [0.29, 0.717) is 13.2 Å². The van der Waals surface area contributed by atoms with Gasteiger partial charge in [-0.15, -0.1) is 6.58 Å². The monoisotopic (exact) mass is 329 g/mol. The quantitative estimate of drug-likeness (QED) is 0.755. The molecule has 0 bridgehead atoms. The van der Waals surface area contributed by atoms with E-state index < -0.39 is 5.60 Å². The molecule has 4 heteroatoms. The van der Waals surface area contributed by atoms with E-state index in [4.69, 9.17) is 9.47 Å². The van der Waals surface area contributed by atoms with Crippen molar-refractivity contribution in [3.8, 4) is 0 Å². The molecule has 0 radical (unpaired) electrons. The molecule has 2 atom stereocenters. The fraction of sp³-hybridized carbons (Fsp3) is 0.450. The largest absolute Gasteiger partial charge is 0.444 e. The van der Waals surface area contributed by atoms with Gasteiger partial charge in [0.2, 0.25) is 0 Å². The Morgan fingerprint density at radius 3 is 2.67 bits per heavy atom. The molecule has 130 valence electrons. The fourth-order valence-electron chi connectivity index (χ4n) is 2.63. The number of rotatable bonds is 5. The summed E-state index contributed by atoms with van der Waals surface area (Å²) in [6.45, 7) is 10.5. The minimum Gasteiger partial charge on any atom is -0.444 e. The Labute approximate surface area is 144 Å². The first-order valence-corrected chi connectivity index (χ1v) is 8.33. The summed E-state index contributed by atoms with van der Waals surface area (Å²) in [5.41, 5.74) is 0.580. The summed E-state index contributed by atoms with van der Waals surface area (Å²) in [6, 6.07) is 9.88. The van der Waals surface area contributed by atoms with Crippen LogP contribution in [-0.2, 0) is 16.1 Å². The minimum atomic E-state index is -0.517. The zero-order valence-electron chi connectivity index (χ0n) is 14.8. The molecular weight excluding hydrogens is 302 g/mol. The van der Waals surface area contributed by atoms with Crippen molar-refractivity contribution in [2.75, 3.05) is 6.54 Å². The van der Waals surface area contributed by atoms with Crippen molar-refractivity contribution in [1.29, 1.82) is 0 Å². The van der Waals surface area contributed by atoms with Crippen LogP contribution in [0.5, 0.6) is 0 Å². The molecule has 1 amide bonds. The first kappa shape index (κ1) is 18.3. The summed E-state index contributed by atoms with van der Waals surface area (Å²) >= 11 is 0. The lowest BCUT2D eigenvalue weighted by Crippen LogP contribution is -2.50. The van der Waals surface area contributed by atoms with Gasteiger partial charge in [0.25, 0.3) is 0 Å². The molecule has 0 fully saturated rings. The molecule has 0 unspecified atom stereocenters. The van der Waals surface area contributed by atoms with Gasteiger partial charge in [-0.3, -0.25) is 4.90 Å². The predicted molar refractivity (Wildman–Crippen MR) is 95.7 cm³/mol. The SMILES string of the molecule is C=C[C@H](OCc1ccccc1)[C@H]1CC=CCN1C(=O)OC(C)(C)C. The maximum absolute atomic E-state index is 12.5. The summed E-state index contributed by atoms with van der Waals surface area (Å²) in [5, 5.41) is 0. The number of benzene rings is 1. The van der Waals surface area contributed by atoms with Crippen molar-refractivity contribution in [3.63, 3.8) is 0 Å². The van der Waals surface area contributed by atoms with E-state index in [0.717, 1.165) is 12.0 Å². The third kappa shape index (κ3) is 5.24. The number of carbonyl (C=O) groups excluding carboxylic acids is 1. The van der Waals surface area contributed by atoms with Crippen molar-refractivity contribution in [2.45, 2.75) is 51.5 Å². The van der Waals surface area contributed by atoms with Crippen molar-refractivity contribution in [3.05, 3.63) is 60.7 Å². The van der Waals surface area contributed by atoms with E-state index >= 15 is 0 Å². The third-order valence-electron chi connectivity index (χ3n) is 3.77. The van der Waals surface area contributed by atoms with Crippen LogP contribution >= 0.6 is 0 Å². The van der Waals surface area contributed by atoms with Gasteiger partial charge in [-0.05, 0) is 32.8 Å². The maximum atomic E-state index is 12.5. The van der Waals surface area contributed by atoms with Gasteiger partial charge >= 0.3 is 6.09 Å². The number of nitrogens with zero attached hydrogens (tertiary/aromatic N) is 1. The van der Waals surface area contributed by atoms with Crippen LogP contribution in [0.15, 0.2) is 55.1 Å². The van der Waals surface area contributed by atoms with Crippen LogP contribution in [0.1, 0.15) is 32.8 Å². The molecule has 24 heavy (non-hydrogen) atoms. The maximum Gasteiger partial charge on any atom is 0.410 e. The molecule has 1 heterocycles. The van der Waals surface area contributed by atoms with Gasteiger partial charge in [0.05, 0.1) is 18.8 Å².